The number of hydrogen-bond acceptors (Lipinski definition) is 4. The molecule has 0 bridgehead atoms. The van der Waals surface area contributed by atoms with Gasteiger partial charge >= 0.3 is 0 Å². The van der Waals surface area contributed by atoms with Crippen LogP contribution in [0, 0.1) is 0 Å². The van der Waals surface area contributed by atoms with Gasteiger partial charge in [0.2, 0.25) is 0 Å². The van der Waals surface area contributed by atoms with E-state index in [1.54, 1.807) is 14.2 Å². The summed E-state index contributed by atoms with van der Waals surface area (Å²) in [6.07, 6.45) is 1.88. The highest BCUT2D eigenvalue weighted by molar-refractivity contribution is 5.63. The van der Waals surface area contributed by atoms with E-state index in [4.69, 9.17) is 9.47 Å². The summed E-state index contributed by atoms with van der Waals surface area (Å²) in [6.45, 7) is 0.609. The average molecular weight is 320 g/mol. The van der Waals surface area contributed by atoms with Crippen molar-refractivity contribution < 1.29 is 9.47 Å². The Labute approximate surface area is 142 Å². The zero-order valence-electron chi connectivity index (χ0n) is 13.8. The van der Waals surface area contributed by atoms with Crippen molar-refractivity contribution in [2.24, 2.45) is 0 Å². The molecule has 0 aliphatic rings. The molecule has 0 radical (unpaired) electrons. The molecule has 0 amide bonds. The number of nitrogens with one attached hydrogen (secondary N) is 1. The minimum Gasteiger partial charge on any atom is -0.493 e. The third-order valence-corrected chi connectivity index (χ3v) is 3.82. The van der Waals surface area contributed by atoms with Crippen LogP contribution in [0.2, 0.25) is 0 Å². The minimum atomic E-state index is 0.609. The number of hydrogen-bond donors (Lipinski definition) is 1. The number of anilines is 1. The van der Waals surface area contributed by atoms with E-state index >= 15 is 0 Å². The van der Waals surface area contributed by atoms with Crippen molar-refractivity contribution in [3.63, 3.8) is 0 Å². The molecule has 0 saturated heterocycles. The average Bonchev–Trinajstić information content (AvgIpc) is 2.67. The van der Waals surface area contributed by atoms with Crippen LogP contribution in [-0.2, 0) is 6.54 Å². The molecule has 4 nitrogen and oxygen atoms in total. The molecule has 122 valence electrons. The van der Waals surface area contributed by atoms with Crippen LogP contribution in [0.15, 0.2) is 66.9 Å². The highest BCUT2D eigenvalue weighted by Crippen LogP contribution is 2.31. The van der Waals surface area contributed by atoms with E-state index in [2.05, 4.69) is 28.5 Å². The lowest BCUT2D eigenvalue weighted by molar-refractivity contribution is 0.352. The Morgan fingerprint density at radius 2 is 1.67 bits per heavy atom. The Morgan fingerprint density at radius 3 is 2.33 bits per heavy atom. The van der Waals surface area contributed by atoms with Gasteiger partial charge in [0.05, 0.1) is 14.2 Å². The van der Waals surface area contributed by atoms with E-state index < -0.39 is 0 Å². The Bertz CT molecular complexity index is 786. The summed E-state index contributed by atoms with van der Waals surface area (Å²) in [5, 5.41) is 3.32. The standard InChI is InChI=1S/C20H20N2O2/c1-23-18-10-6-9-17(20(18)24-2)14-22-19-12-11-16(13-21-19)15-7-4-3-5-8-15/h3-13H,14H2,1-2H3,(H,21,22). The summed E-state index contributed by atoms with van der Waals surface area (Å²) in [5.41, 5.74) is 3.27. The number of rotatable bonds is 6. The SMILES string of the molecule is COc1cccc(CNc2ccc(-c3ccccc3)cn2)c1OC. The lowest BCUT2D eigenvalue weighted by Crippen LogP contribution is -2.04. The first-order valence-corrected chi connectivity index (χ1v) is 7.77. The van der Waals surface area contributed by atoms with Gasteiger partial charge in [0.15, 0.2) is 11.5 Å². The highest BCUT2D eigenvalue weighted by atomic mass is 16.5. The first-order valence-electron chi connectivity index (χ1n) is 7.77. The van der Waals surface area contributed by atoms with Crippen molar-refractivity contribution >= 4 is 5.82 Å². The van der Waals surface area contributed by atoms with Gasteiger partial charge in [0, 0.05) is 23.9 Å². The van der Waals surface area contributed by atoms with Gasteiger partial charge in [-0.15, -0.1) is 0 Å². The van der Waals surface area contributed by atoms with Gasteiger partial charge in [0.1, 0.15) is 5.82 Å². The molecule has 0 spiro atoms. The van der Waals surface area contributed by atoms with Gasteiger partial charge in [0.25, 0.3) is 0 Å². The van der Waals surface area contributed by atoms with Crippen molar-refractivity contribution in [1.29, 1.82) is 0 Å². The van der Waals surface area contributed by atoms with Gasteiger partial charge in [-0.05, 0) is 23.8 Å². The van der Waals surface area contributed by atoms with Gasteiger partial charge in [-0.25, -0.2) is 4.98 Å². The molecular formula is C20H20N2O2. The largest absolute Gasteiger partial charge is 0.493 e. The topological polar surface area (TPSA) is 43.4 Å². The molecule has 2 aromatic carbocycles. The summed E-state index contributed by atoms with van der Waals surface area (Å²) in [5.74, 6) is 2.29. The lowest BCUT2D eigenvalue weighted by Gasteiger charge is -2.13. The zero-order valence-corrected chi connectivity index (χ0v) is 13.8. The number of nitrogens with zero attached hydrogens (tertiary/aromatic N) is 1. The van der Waals surface area contributed by atoms with Gasteiger partial charge in [-0.3, -0.25) is 0 Å². The van der Waals surface area contributed by atoms with E-state index in [-0.39, 0.29) is 0 Å². The third kappa shape index (κ3) is 3.49. The molecule has 0 aliphatic carbocycles. The Hall–Kier alpha value is -3.01. The molecule has 0 atom stereocenters. The molecule has 1 N–H and O–H groups in total. The molecule has 4 heteroatoms. The number of methoxy groups -OCH3 is 2. The van der Waals surface area contributed by atoms with Crippen LogP contribution < -0.4 is 14.8 Å². The Balaban J connectivity index is 1.72. The van der Waals surface area contributed by atoms with Gasteiger partial charge in [-0.1, -0.05) is 42.5 Å². The predicted molar refractivity (Wildman–Crippen MR) is 96.5 cm³/mol. The van der Waals surface area contributed by atoms with Crippen LogP contribution in [-0.4, -0.2) is 19.2 Å². The summed E-state index contributed by atoms with van der Waals surface area (Å²) in [6, 6.07) is 20.1. The summed E-state index contributed by atoms with van der Waals surface area (Å²) < 4.78 is 10.8. The number of aromatic nitrogens is 1. The first kappa shape index (κ1) is 15.9. The fraction of sp³-hybridized carbons (Fsp3) is 0.150. The van der Waals surface area contributed by atoms with Crippen molar-refractivity contribution in [3.8, 4) is 22.6 Å². The molecule has 1 heterocycles. The predicted octanol–water partition coefficient (Wildman–Crippen LogP) is 4.38. The molecule has 3 rings (SSSR count). The lowest BCUT2D eigenvalue weighted by atomic mass is 10.1. The Kier molecular flexibility index (Phi) is 4.96. The van der Waals surface area contributed by atoms with Crippen LogP contribution in [0.4, 0.5) is 5.82 Å². The fourth-order valence-electron chi connectivity index (χ4n) is 2.58. The maximum Gasteiger partial charge on any atom is 0.165 e. The molecule has 0 saturated carbocycles. The van der Waals surface area contributed by atoms with Crippen molar-refractivity contribution in [2.45, 2.75) is 6.54 Å². The second-order valence-corrected chi connectivity index (χ2v) is 5.30. The van der Waals surface area contributed by atoms with Crippen LogP contribution in [0.25, 0.3) is 11.1 Å². The maximum atomic E-state index is 5.45. The minimum absolute atomic E-state index is 0.609. The quantitative estimate of drug-likeness (QED) is 0.732. The molecule has 3 aromatic rings. The fourth-order valence-corrected chi connectivity index (χ4v) is 2.58. The molecule has 0 aliphatic heterocycles. The highest BCUT2D eigenvalue weighted by Gasteiger charge is 2.09. The molecule has 1 aromatic heterocycles. The molecular weight excluding hydrogens is 300 g/mol. The first-order chi connectivity index (χ1) is 11.8. The van der Waals surface area contributed by atoms with Crippen LogP contribution >= 0.6 is 0 Å². The number of para-hydroxylation sites is 1. The second kappa shape index (κ2) is 7.51. The molecule has 24 heavy (non-hydrogen) atoms. The number of benzene rings is 2. The number of ether oxygens (including phenoxy) is 2. The summed E-state index contributed by atoms with van der Waals surface area (Å²) >= 11 is 0. The van der Waals surface area contributed by atoms with E-state index in [0.717, 1.165) is 34.0 Å². The molecule has 0 fully saturated rings. The van der Waals surface area contributed by atoms with Gasteiger partial charge in [-0.2, -0.15) is 0 Å². The maximum absolute atomic E-state index is 5.45. The van der Waals surface area contributed by atoms with E-state index in [1.807, 2.05) is 48.7 Å². The van der Waals surface area contributed by atoms with E-state index in [1.165, 1.54) is 0 Å². The van der Waals surface area contributed by atoms with E-state index in [0.29, 0.717) is 6.54 Å². The van der Waals surface area contributed by atoms with Crippen molar-refractivity contribution in [2.75, 3.05) is 19.5 Å². The number of pyridine rings is 1. The van der Waals surface area contributed by atoms with Crippen LogP contribution in [0.5, 0.6) is 11.5 Å². The molecule has 0 unspecified atom stereocenters. The summed E-state index contributed by atoms with van der Waals surface area (Å²) in [7, 11) is 3.28. The van der Waals surface area contributed by atoms with Crippen molar-refractivity contribution in [3.05, 3.63) is 72.4 Å². The van der Waals surface area contributed by atoms with Gasteiger partial charge < -0.3 is 14.8 Å². The van der Waals surface area contributed by atoms with Crippen molar-refractivity contribution in [1.82, 2.24) is 4.98 Å². The normalized spacial score (nSPS) is 10.2. The van der Waals surface area contributed by atoms with Crippen LogP contribution in [0.3, 0.4) is 0 Å². The smallest absolute Gasteiger partial charge is 0.165 e. The van der Waals surface area contributed by atoms with E-state index in [9.17, 15) is 0 Å². The Morgan fingerprint density at radius 1 is 0.833 bits per heavy atom. The zero-order chi connectivity index (χ0) is 16.8. The second-order valence-electron chi connectivity index (χ2n) is 5.30. The monoisotopic (exact) mass is 320 g/mol. The van der Waals surface area contributed by atoms with Crippen LogP contribution in [0.1, 0.15) is 5.56 Å². The third-order valence-electron chi connectivity index (χ3n) is 3.82. The summed E-state index contributed by atoms with van der Waals surface area (Å²) in [4.78, 5) is 4.49.